The van der Waals surface area contributed by atoms with Crippen LogP contribution >= 0.6 is 0 Å². The molecule has 4 rings (SSSR count). The summed E-state index contributed by atoms with van der Waals surface area (Å²) in [4.78, 5) is 27.7. The lowest BCUT2D eigenvalue weighted by Gasteiger charge is -2.24. The van der Waals surface area contributed by atoms with Crippen LogP contribution in [-0.4, -0.2) is 72.9 Å². The molecule has 0 bridgehead atoms. The van der Waals surface area contributed by atoms with Crippen molar-refractivity contribution in [3.63, 3.8) is 0 Å². The van der Waals surface area contributed by atoms with Crippen molar-refractivity contribution >= 4 is 27.8 Å². The van der Waals surface area contributed by atoms with Crippen LogP contribution in [0.1, 0.15) is 24.3 Å². The molecule has 3 aromatic heterocycles. The summed E-state index contributed by atoms with van der Waals surface area (Å²) in [5.41, 5.74) is 1.75. The molecule has 0 saturated heterocycles. The van der Waals surface area contributed by atoms with Gasteiger partial charge in [-0.3, -0.25) is 9.36 Å². The summed E-state index contributed by atoms with van der Waals surface area (Å²) < 4.78 is 38.0. The molecule has 2 N–H and O–H groups in total. The maximum absolute atomic E-state index is 12.8. The minimum Gasteiger partial charge on any atom is -0.485 e. The van der Waals surface area contributed by atoms with E-state index in [9.17, 15) is 13.2 Å². The van der Waals surface area contributed by atoms with E-state index in [1.54, 1.807) is 41.7 Å². The Bertz CT molecular complexity index is 1320. The first kappa shape index (κ1) is 25.4. The largest absolute Gasteiger partial charge is 0.485 e. The molecule has 0 aliphatic carbocycles. The lowest BCUT2D eigenvalue weighted by atomic mass is 10.1. The van der Waals surface area contributed by atoms with Crippen molar-refractivity contribution in [1.29, 1.82) is 0 Å². The molecule has 13 heteroatoms. The van der Waals surface area contributed by atoms with Crippen LogP contribution < -0.4 is 19.7 Å². The number of sulfonamides is 1. The van der Waals surface area contributed by atoms with Crippen molar-refractivity contribution in [3.8, 4) is 11.7 Å². The third kappa shape index (κ3) is 7.15. The average molecular weight is 516 g/mol. The second kappa shape index (κ2) is 11.4. The molecule has 192 valence electrons. The van der Waals surface area contributed by atoms with Gasteiger partial charge in [-0.2, -0.15) is 4.98 Å². The van der Waals surface area contributed by atoms with Crippen LogP contribution in [0.3, 0.4) is 0 Å². The molecule has 0 saturated carbocycles. The van der Waals surface area contributed by atoms with Gasteiger partial charge >= 0.3 is 0 Å². The first-order valence-electron chi connectivity index (χ1n) is 11.5. The number of amides is 1. The Balaban J connectivity index is 1.40. The molecule has 0 spiro atoms. The Hall–Kier alpha value is -3.71. The van der Waals surface area contributed by atoms with Crippen LogP contribution in [0.15, 0.2) is 47.1 Å². The van der Waals surface area contributed by atoms with E-state index < -0.39 is 10.0 Å². The average Bonchev–Trinajstić information content (AvgIpc) is 3.52. The lowest BCUT2D eigenvalue weighted by molar-refractivity contribution is -0.119. The highest BCUT2D eigenvalue weighted by atomic mass is 32.2. The molecule has 0 fully saturated rings. The molecule has 1 amide bonds. The van der Waals surface area contributed by atoms with Crippen LogP contribution in [0, 0.1) is 6.92 Å². The fourth-order valence-electron chi connectivity index (χ4n) is 3.66. The van der Waals surface area contributed by atoms with Gasteiger partial charge in [-0.25, -0.2) is 23.1 Å². The number of carbonyl (C=O) groups is 1. The molecule has 0 unspecified atom stereocenters. The van der Waals surface area contributed by atoms with Gasteiger partial charge in [0.05, 0.1) is 19.1 Å². The summed E-state index contributed by atoms with van der Waals surface area (Å²) >= 11 is 0. The number of anilines is 1. The highest BCUT2D eigenvalue weighted by Crippen LogP contribution is 2.27. The molecule has 1 aliphatic heterocycles. The number of fused-ring (bicyclic) bond motifs is 1. The highest BCUT2D eigenvalue weighted by Gasteiger charge is 2.17. The van der Waals surface area contributed by atoms with Gasteiger partial charge in [0.15, 0.2) is 11.5 Å². The van der Waals surface area contributed by atoms with Crippen molar-refractivity contribution in [3.05, 3.63) is 54.1 Å². The van der Waals surface area contributed by atoms with Gasteiger partial charge in [-0.15, -0.1) is 0 Å². The third-order valence-electron chi connectivity index (χ3n) is 5.37. The number of aryl methyl sites for hydroxylation is 1. The van der Waals surface area contributed by atoms with Gasteiger partial charge in [-0.05, 0) is 31.4 Å². The SMILES string of the molecule is Cc1cc(N(CCCNS(C)(=O)=O)CC(=O)NCCC2=Cc3occc3OC2)nc(-n2ccnc2)n1. The van der Waals surface area contributed by atoms with Crippen LogP contribution in [-0.2, 0) is 14.8 Å². The number of imidazole rings is 1. The van der Waals surface area contributed by atoms with E-state index >= 15 is 0 Å². The second-order valence-electron chi connectivity index (χ2n) is 8.42. The number of carbonyl (C=O) groups excluding carboxylic acids is 1. The van der Waals surface area contributed by atoms with Crippen LogP contribution in [0.25, 0.3) is 12.0 Å². The second-order valence-corrected chi connectivity index (χ2v) is 10.3. The van der Waals surface area contributed by atoms with E-state index in [4.69, 9.17) is 9.15 Å². The number of rotatable bonds is 12. The number of nitrogens with zero attached hydrogens (tertiary/aromatic N) is 5. The van der Waals surface area contributed by atoms with Crippen LogP contribution in [0.2, 0.25) is 0 Å². The van der Waals surface area contributed by atoms with Gasteiger partial charge < -0.3 is 19.4 Å². The Kier molecular flexibility index (Phi) is 8.00. The molecule has 36 heavy (non-hydrogen) atoms. The molecule has 0 atom stereocenters. The zero-order valence-corrected chi connectivity index (χ0v) is 21.0. The molecule has 4 heterocycles. The smallest absolute Gasteiger partial charge is 0.239 e. The Morgan fingerprint density at radius 3 is 2.92 bits per heavy atom. The van der Waals surface area contributed by atoms with E-state index in [0.29, 0.717) is 50.1 Å². The normalized spacial score (nSPS) is 13.0. The Morgan fingerprint density at radius 2 is 2.14 bits per heavy atom. The van der Waals surface area contributed by atoms with Gasteiger partial charge in [0.25, 0.3) is 0 Å². The van der Waals surface area contributed by atoms with Crippen LogP contribution in [0.5, 0.6) is 5.75 Å². The van der Waals surface area contributed by atoms with Crippen molar-refractivity contribution in [1.82, 2.24) is 29.6 Å². The highest BCUT2D eigenvalue weighted by molar-refractivity contribution is 7.88. The number of ether oxygens (including phenoxy) is 1. The van der Waals surface area contributed by atoms with E-state index in [2.05, 4.69) is 25.0 Å². The molecule has 3 aromatic rings. The molecule has 1 aliphatic rings. The maximum Gasteiger partial charge on any atom is 0.239 e. The van der Waals surface area contributed by atoms with Crippen molar-refractivity contribution in [2.24, 2.45) is 0 Å². The number of aromatic nitrogens is 4. The predicted molar refractivity (Wildman–Crippen MR) is 133 cm³/mol. The molecular weight excluding hydrogens is 486 g/mol. The van der Waals surface area contributed by atoms with E-state index in [-0.39, 0.29) is 19.0 Å². The van der Waals surface area contributed by atoms with Gasteiger partial charge in [0, 0.05) is 49.9 Å². The number of hydrogen-bond acceptors (Lipinski definition) is 9. The number of nitrogens with one attached hydrogen (secondary N) is 2. The summed E-state index contributed by atoms with van der Waals surface area (Å²) in [5, 5.41) is 2.94. The first-order valence-corrected chi connectivity index (χ1v) is 13.4. The van der Waals surface area contributed by atoms with Crippen LogP contribution in [0.4, 0.5) is 5.82 Å². The minimum atomic E-state index is -3.30. The van der Waals surface area contributed by atoms with Crippen molar-refractivity contribution in [2.45, 2.75) is 19.8 Å². The Labute approximate surface area is 209 Å². The molecule has 12 nitrogen and oxygen atoms in total. The zero-order valence-electron chi connectivity index (χ0n) is 20.2. The van der Waals surface area contributed by atoms with E-state index in [1.807, 2.05) is 17.9 Å². The number of hydrogen-bond donors (Lipinski definition) is 2. The standard InChI is InChI=1S/C23H29N7O5S/c1-17-12-21(28-23(27-17)30-10-8-24-16-30)29(9-3-6-26-36(2,32)33)14-22(31)25-7-4-18-13-20-19(35-15-18)5-11-34-20/h5,8,10-13,16,26H,3-4,6-7,9,14-15H2,1-2H3,(H,25,31). The zero-order chi connectivity index (χ0) is 25.5. The monoisotopic (exact) mass is 515 g/mol. The van der Waals surface area contributed by atoms with E-state index in [0.717, 1.165) is 23.3 Å². The maximum atomic E-state index is 12.8. The third-order valence-corrected chi connectivity index (χ3v) is 6.09. The van der Waals surface area contributed by atoms with Gasteiger partial charge in [-0.1, -0.05) is 0 Å². The van der Waals surface area contributed by atoms with E-state index in [1.165, 1.54) is 0 Å². The summed E-state index contributed by atoms with van der Waals surface area (Å²) in [6.45, 7) is 3.46. The topological polar surface area (TPSA) is 144 Å². The molecule has 0 aromatic carbocycles. The molecular formula is C23H29N7O5S. The summed E-state index contributed by atoms with van der Waals surface area (Å²) in [5.74, 6) is 2.23. The van der Waals surface area contributed by atoms with Crippen molar-refractivity contribution in [2.75, 3.05) is 43.9 Å². The molecule has 0 radical (unpaired) electrons. The van der Waals surface area contributed by atoms with Gasteiger partial charge in [0.1, 0.15) is 18.8 Å². The minimum absolute atomic E-state index is 0.0522. The fourth-order valence-corrected chi connectivity index (χ4v) is 4.18. The van der Waals surface area contributed by atoms with Gasteiger partial charge in [0.2, 0.25) is 21.9 Å². The van der Waals surface area contributed by atoms with Crippen molar-refractivity contribution < 1.29 is 22.4 Å². The fraction of sp³-hybridized carbons (Fsp3) is 0.391. The summed E-state index contributed by atoms with van der Waals surface area (Å²) in [6.07, 6.45) is 10.7. The quantitative estimate of drug-likeness (QED) is 0.341. The predicted octanol–water partition coefficient (Wildman–Crippen LogP) is 1.29. The Morgan fingerprint density at radius 1 is 1.28 bits per heavy atom. The number of furan rings is 1. The summed E-state index contributed by atoms with van der Waals surface area (Å²) in [6, 6.07) is 3.57. The first-order chi connectivity index (χ1) is 17.3. The lowest BCUT2D eigenvalue weighted by Crippen LogP contribution is -2.39. The summed E-state index contributed by atoms with van der Waals surface area (Å²) in [7, 11) is -3.30.